The lowest BCUT2D eigenvalue weighted by molar-refractivity contribution is 0.101. The molecule has 3 rings (SSSR count). The van der Waals surface area contributed by atoms with Gasteiger partial charge in [0, 0.05) is 20.4 Å². The van der Waals surface area contributed by atoms with Gasteiger partial charge in [0.05, 0.1) is 5.56 Å². The molecule has 21 heavy (non-hydrogen) atoms. The van der Waals surface area contributed by atoms with E-state index < -0.39 is 11.6 Å². The zero-order chi connectivity index (χ0) is 15.1. The average molecular weight is 368 g/mol. The SMILES string of the molecule is Cc1c(C(=O)c2ccc(Br)cc2F)oc2ccc(Cl)cc12. The smallest absolute Gasteiger partial charge is 0.231 e. The molecule has 1 heterocycles. The molecule has 0 bridgehead atoms. The first-order valence-corrected chi connectivity index (χ1v) is 7.33. The van der Waals surface area contributed by atoms with Crippen molar-refractivity contribution in [2.45, 2.75) is 6.92 Å². The summed E-state index contributed by atoms with van der Waals surface area (Å²) in [5.41, 5.74) is 1.18. The second-order valence-electron chi connectivity index (χ2n) is 4.65. The zero-order valence-electron chi connectivity index (χ0n) is 10.9. The van der Waals surface area contributed by atoms with E-state index in [0.29, 0.717) is 20.6 Å². The number of hydrogen-bond donors (Lipinski definition) is 0. The summed E-state index contributed by atoms with van der Waals surface area (Å²) in [6.45, 7) is 1.76. The van der Waals surface area contributed by atoms with E-state index >= 15 is 0 Å². The van der Waals surface area contributed by atoms with Crippen molar-refractivity contribution >= 4 is 44.3 Å². The number of benzene rings is 2. The van der Waals surface area contributed by atoms with Gasteiger partial charge in [0.2, 0.25) is 5.78 Å². The topological polar surface area (TPSA) is 30.2 Å². The second-order valence-corrected chi connectivity index (χ2v) is 6.00. The third kappa shape index (κ3) is 2.49. The Kier molecular flexibility index (Phi) is 3.59. The number of halogens is 3. The van der Waals surface area contributed by atoms with Crippen molar-refractivity contribution in [2.24, 2.45) is 0 Å². The molecule has 0 spiro atoms. The van der Waals surface area contributed by atoms with Gasteiger partial charge in [0.1, 0.15) is 11.4 Å². The molecule has 0 radical (unpaired) electrons. The molecule has 0 N–H and O–H groups in total. The zero-order valence-corrected chi connectivity index (χ0v) is 13.3. The van der Waals surface area contributed by atoms with E-state index in [4.69, 9.17) is 16.0 Å². The van der Waals surface area contributed by atoms with E-state index in [0.717, 1.165) is 5.39 Å². The highest BCUT2D eigenvalue weighted by atomic mass is 79.9. The van der Waals surface area contributed by atoms with E-state index in [1.54, 1.807) is 31.2 Å². The van der Waals surface area contributed by atoms with E-state index in [1.807, 2.05) is 0 Å². The van der Waals surface area contributed by atoms with Gasteiger partial charge in [-0.05, 0) is 43.3 Å². The molecule has 0 aliphatic carbocycles. The highest BCUT2D eigenvalue weighted by Gasteiger charge is 2.22. The molecule has 2 aromatic carbocycles. The molecule has 0 fully saturated rings. The van der Waals surface area contributed by atoms with Gasteiger partial charge in [-0.1, -0.05) is 27.5 Å². The lowest BCUT2D eigenvalue weighted by atomic mass is 10.0. The Morgan fingerprint density at radius 1 is 1.24 bits per heavy atom. The summed E-state index contributed by atoms with van der Waals surface area (Å²) in [4.78, 5) is 12.5. The van der Waals surface area contributed by atoms with Crippen LogP contribution in [0.1, 0.15) is 21.7 Å². The first-order valence-electron chi connectivity index (χ1n) is 6.16. The van der Waals surface area contributed by atoms with Gasteiger partial charge in [0.15, 0.2) is 5.76 Å². The van der Waals surface area contributed by atoms with Gasteiger partial charge in [-0.3, -0.25) is 4.79 Å². The number of carbonyl (C=O) groups excluding carboxylic acids is 1. The number of furan rings is 1. The van der Waals surface area contributed by atoms with Gasteiger partial charge >= 0.3 is 0 Å². The summed E-state index contributed by atoms with van der Waals surface area (Å²) in [5.74, 6) is -0.939. The predicted octanol–water partition coefficient (Wildman–Crippen LogP) is 5.53. The monoisotopic (exact) mass is 366 g/mol. The molecule has 0 unspecified atom stereocenters. The minimum absolute atomic E-state index is 0.0218. The van der Waals surface area contributed by atoms with E-state index in [2.05, 4.69) is 15.9 Å². The molecule has 0 amide bonds. The van der Waals surface area contributed by atoms with Crippen LogP contribution in [0, 0.1) is 12.7 Å². The van der Waals surface area contributed by atoms with Crippen LogP contribution < -0.4 is 0 Å². The molecule has 2 nitrogen and oxygen atoms in total. The Morgan fingerprint density at radius 2 is 2.00 bits per heavy atom. The third-order valence-electron chi connectivity index (χ3n) is 3.28. The first kappa shape index (κ1) is 14.3. The van der Waals surface area contributed by atoms with Gasteiger partial charge in [-0.15, -0.1) is 0 Å². The quantitative estimate of drug-likeness (QED) is 0.558. The molecule has 3 aromatic rings. The standard InChI is InChI=1S/C16H9BrClFO2/c1-8-12-7-10(18)3-5-14(12)21-16(8)15(20)11-4-2-9(17)6-13(11)19/h2-7H,1H3. The van der Waals surface area contributed by atoms with Crippen LogP contribution in [0.5, 0.6) is 0 Å². The lowest BCUT2D eigenvalue weighted by Gasteiger charge is -2.01. The average Bonchev–Trinajstić information content (AvgIpc) is 2.75. The number of aryl methyl sites for hydroxylation is 1. The molecule has 0 aliphatic rings. The van der Waals surface area contributed by atoms with Crippen LogP contribution in [0.4, 0.5) is 4.39 Å². The van der Waals surface area contributed by atoms with Crippen LogP contribution in [0.25, 0.3) is 11.0 Å². The van der Waals surface area contributed by atoms with Gasteiger partial charge in [0.25, 0.3) is 0 Å². The van der Waals surface area contributed by atoms with Gasteiger partial charge in [-0.2, -0.15) is 0 Å². The summed E-state index contributed by atoms with van der Waals surface area (Å²) >= 11 is 9.11. The van der Waals surface area contributed by atoms with Gasteiger partial charge < -0.3 is 4.42 Å². The highest BCUT2D eigenvalue weighted by molar-refractivity contribution is 9.10. The van der Waals surface area contributed by atoms with Crippen LogP contribution >= 0.6 is 27.5 Å². The molecule has 0 aliphatic heterocycles. The lowest BCUT2D eigenvalue weighted by Crippen LogP contribution is -2.04. The number of hydrogen-bond acceptors (Lipinski definition) is 2. The maximum Gasteiger partial charge on any atom is 0.231 e. The maximum absolute atomic E-state index is 13.9. The minimum Gasteiger partial charge on any atom is -0.452 e. The Balaban J connectivity index is 2.15. The number of ketones is 1. The molecule has 0 atom stereocenters. The summed E-state index contributed by atoms with van der Waals surface area (Å²) < 4.78 is 20.1. The Labute approximate surface area is 133 Å². The molecular formula is C16H9BrClFO2. The molecule has 5 heteroatoms. The number of carbonyl (C=O) groups is 1. The van der Waals surface area contributed by atoms with Crippen LogP contribution in [0.3, 0.4) is 0 Å². The van der Waals surface area contributed by atoms with Crippen LogP contribution in [0.15, 0.2) is 45.3 Å². The van der Waals surface area contributed by atoms with E-state index in [9.17, 15) is 9.18 Å². The van der Waals surface area contributed by atoms with Crippen molar-refractivity contribution in [1.29, 1.82) is 0 Å². The molecule has 0 saturated heterocycles. The normalized spacial score (nSPS) is 11.0. The van der Waals surface area contributed by atoms with Crippen LogP contribution in [0.2, 0.25) is 5.02 Å². The Morgan fingerprint density at radius 3 is 2.71 bits per heavy atom. The summed E-state index contributed by atoms with van der Waals surface area (Å²) in [7, 11) is 0. The molecule has 106 valence electrons. The third-order valence-corrected chi connectivity index (χ3v) is 4.01. The van der Waals surface area contributed by atoms with Crippen molar-refractivity contribution in [3.63, 3.8) is 0 Å². The van der Waals surface area contributed by atoms with Crippen LogP contribution in [-0.2, 0) is 0 Å². The van der Waals surface area contributed by atoms with Gasteiger partial charge in [-0.25, -0.2) is 4.39 Å². The maximum atomic E-state index is 13.9. The fourth-order valence-corrected chi connectivity index (χ4v) is 2.71. The molecule has 1 aromatic heterocycles. The van der Waals surface area contributed by atoms with E-state index in [1.165, 1.54) is 12.1 Å². The highest BCUT2D eigenvalue weighted by Crippen LogP contribution is 2.30. The largest absolute Gasteiger partial charge is 0.452 e. The Hall–Kier alpha value is -1.65. The summed E-state index contributed by atoms with van der Waals surface area (Å²) in [6, 6.07) is 9.40. The number of fused-ring (bicyclic) bond motifs is 1. The first-order chi connectivity index (χ1) is 9.97. The minimum atomic E-state index is -0.590. The van der Waals surface area contributed by atoms with Crippen LogP contribution in [-0.4, -0.2) is 5.78 Å². The second kappa shape index (κ2) is 5.28. The predicted molar refractivity (Wildman–Crippen MR) is 83.5 cm³/mol. The fourth-order valence-electron chi connectivity index (χ4n) is 2.21. The summed E-state index contributed by atoms with van der Waals surface area (Å²) in [6.07, 6.45) is 0. The van der Waals surface area contributed by atoms with Crippen molar-refractivity contribution in [3.05, 3.63) is 68.6 Å². The van der Waals surface area contributed by atoms with Crippen molar-refractivity contribution in [3.8, 4) is 0 Å². The van der Waals surface area contributed by atoms with Crippen molar-refractivity contribution in [2.75, 3.05) is 0 Å². The Bertz CT molecular complexity index is 870. The van der Waals surface area contributed by atoms with Crippen molar-refractivity contribution in [1.82, 2.24) is 0 Å². The van der Waals surface area contributed by atoms with E-state index in [-0.39, 0.29) is 11.3 Å². The molecular weight excluding hydrogens is 359 g/mol. The fraction of sp³-hybridized carbons (Fsp3) is 0.0625. The van der Waals surface area contributed by atoms with Crippen molar-refractivity contribution < 1.29 is 13.6 Å². The number of rotatable bonds is 2. The molecule has 0 saturated carbocycles. The summed E-state index contributed by atoms with van der Waals surface area (Å²) in [5, 5.41) is 1.31.